The number of nitrogens with one attached hydrogen (secondary N) is 1. The lowest BCUT2D eigenvalue weighted by Crippen LogP contribution is -2.54. The van der Waals surface area contributed by atoms with E-state index in [4.69, 9.17) is 0 Å². The van der Waals surface area contributed by atoms with Crippen LogP contribution in [0.3, 0.4) is 0 Å². The number of barbiturate groups is 1. The minimum atomic E-state index is -0.754. The molecule has 1 aliphatic heterocycles. The number of aryl methyl sites for hydroxylation is 1. The maximum absolute atomic E-state index is 13.2. The van der Waals surface area contributed by atoms with E-state index < -0.39 is 17.8 Å². The summed E-state index contributed by atoms with van der Waals surface area (Å²) >= 11 is 0. The predicted molar refractivity (Wildman–Crippen MR) is 128 cm³/mol. The number of rotatable bonds is 4. The van der Waals surface area contributed by atoms with Gasteiger partial charge in [0.2, 0.25) is 0 Å². The molecule has 6 nitrogen and oxygen atoms in total. The number of aromatic nitrogens is 1. The van der Waals surface area contributed by atoms with Crippen LogP contribution in [0.2, 0.25) is 0 Å². The molecular formula is C27H21N3O3. The Morgan fingerprint density at radius 2 is 1.55 bits per heavy atom. The zero-order chi connectivity index (χ0) is 22.9. The van der Waals surface area contributed by atoms with Crippen LogP contribution < -0.4 is 10.2 Å². The molecule has 3 aromatic carbocycles. The van der Waals surface area contributed by atoms with Crippen LogP contribution in [0.1, 0.15) is 16.7 Å². The average Bonchev–Trinajstić information content (AvgIpc) is 3.16. The van der Waals surface area contributed by atoms with E-state index in [-0.39, 0.29) is 5.57 Å². The average molecular weight is 435 g/mol. The minimum Gasteiger partial charge on any atom is -0.342 e. The fourth-order valence-corrected chi connectivity index (χ4v) is 4.12. The smallest absolute Gasteiger partial charge is 0.335 e. The van der Waals surface area contributed by atoms with Gasteiger partial charge in [0.1, 0.15) is 5.57 Å². The molecule has 1 saturated heterocycles. The SMILES string of the molecule is Cc1ccccc1Cn1cc(C=C2C(=O)NC(=O)N(c3ccccc3)C2=O)c2ccccc21. The van der Waals surface area contributed by atoms with Gasteiger partial charge < -0.3 is 4.57 Å². The zero-order valence-corrected chi connectivity index (χ0v) is 18.0. The number of hydrogen-bond donors (Lipinski definition) is 1. The topological polar surface area (TPSA) is 71.4 Å². The minimum absolute atomic E-state index is 0.0859. The molecule has 162 valence electrons. The van der Waals surface area contributed by atoms with Gasteiger partial charge in [0, 0.05) is 29.2 Å². The van der Waals surface area contributed by atoms with E-state index in [2.05, 4.69) is 28.9 Å². The van der Waals surface area contributed by atoms with E-state index in [1.807, 2.05) is 42.6 Å². The van der Waals surface area contributed by atoms with Crippen molar-refractivity contribution >= 4 is 40.5 Å². The molecule has 33 heavy (non-hydrogen) atoms. The maximum atomic E-state index is 13.2. The summed E-state index contributed by atoms with van der Waals surface area (Å²) in [5.74, 6) is -1.35. The van der Waals surface area contributed by atoms with Gasteiger partial charge in [-0.2, -0.15) is 0 Å². The number of nitrogens with zero attached hydrogens (tertiary/aromatic N) is 2. The second-order valence-electron chi connectivity index (χ2n) is 7.95. The van der Waals surface area contributed by atoms with E-state index in [0.717, 1.165) is 21.4 Å². The fourth-order valence-electron chi connectivity index (χ4n) is 4.12. The molecule has 1 fully saturated rings. The maximum Gasteiger partial charge on any atom is 0.335 e. The van der Waals surface area contributed by atoms with Crippen molar-refractivity contribution in [3.8, 4) is 0 Å². The van der Waals surface area contributed by atoms with Crippen molar-refractivity contribution in [1.82, 2.24) is 9.88 Å². The Hall–Kier alpha value is -4.45. The van der Waals surface area contributed by atoms with Crippen LogP contribution in [0.5, 0.6) is 0 Å². The lowest BCUT2D eigenvalue weighted by atomic mass is 10.1. The van der Waals surface area contributed by atoms with Crippen molar-refractivity contribution in [2.24, 2.45) is 0 Å². The summed E-state index contributed by atoms with van der Waals surface area (Å²) in [4.78, 5) is 39.2. The second-order valence-corrected chi connectivity index (χ2v) is 7.95. The molecule has 6 heteroatoms. The number of anilines is 1. The number of amides is 4. The summed E-state index contributed by atoms with van der Waals surface area (Å²) in [6.07, 6.45) is 3.50. The van der Waals surface area contributed by atoms with E-state index >= 15 is 0 Å². The van der Waals surface area contributed by atoms with Crippen molar-refractivity contribution in [2.75, 3.05) is 4.90 Å². The van der Waals surface area contributed by atoms with Gasteiger partial charge in [-0.15, -0.1) is 0 Å². The van der Waals surface area contributed by atoms with Gasteiger partial charge in [-0.3, -0.25) is 14.9 Å². The van der Waals surface area contributed by atoms with Gasteiger partial charge in [0.05, 0.1) is 5.69 Å². The van der Waals surface area contributed by atoms with Crippen LogP contribution in [-0.4, -0.2) is 22.4 Å². The molecule has 1 aromatic heterocycles. The van der Waals surface area contributed by atoms with Crippen LogP contribution in [-0.2, 0) is 16.1 Å². The predicted octanol–water partition coefficient (Wildman–Crippen LogP) is 4.66. The summed E-state index contributed by atoms with van der Waals surface area (Å²) in [6, 6.07) is 23.8. The standard InChI is InChI=1S/C27H21N3O3/c1-18-9-5-6-10-19(18)16-29-17-20(22-13-7-8-14-24(22)29)15-23-25(31)28-27(33)30(26(23)32)21-11-3-2-4-12-21/h2-15,17H,16H2,1H3,(H,28,31,33). The molecule has 0 aliphatic carbocycles. The van der Waals surface area contributed by atoms with E-state index in [0.29, 0.717) is 12.2 Å². The quantitative estimate of drug-likeness (QED) is 0.374. The van der Waals surface area contributed by atoms with Gasteiger partial charge in [-0.1, -0.05) is 60.7 Å². The Balaban J connectivity index is 1.58. The molecule has 4 aromatic rings. The number of carbonyl (C=O) groups is 3. The van der Waals surface area contributed by atoms with Crippen molar-refractivity contribution < 1.29 is 14.4 Å². The number of carbonyl (C=O) groups excluding carboxylic acids is 3. The summed E-state index contributed by atoms with van der Waals surface area (Å²) in [5.41, 5.74) is 4.42. The highest BCUT2D eigenvalue weighted by Gasteiger charge is 2.36. The zero-order valence-electron chi connectivity index (χ0n) is 18.0. The van der Waals surface area contributed by atoms with Crippen LogP contribution in [0, 0.1) is 6.92 Å². The summed E-state index contributed by atoms with van der Waals surface area (Å²) in [5, 5.41) is 3.20. The lowest BCUT2D eigenvalue weighted by molar-refractivity contribution is -0.122. The Kier molecular flexibility index (Phi) is 5.11. The summed E-state index contributed by atoms with van der Waals surface area (Å²) in [7, 11) is 0. The third-order valence-electron chi connectivity index (χ3n) is 5.84. The first-order chi connectivity index (χ1) is 16.0. The van der Waals surface area contributed by atoms with Crippen molar-refractivity contribution in [2.45, 2.75) is 13.5 Å². The van der Waals surface area contributed by atoms with Crippen LogP contribution in [0.4, 0.5) is 10.5 Å². The van der Waals surface area contributed by atoms with Crippen molar-refractivity contribution in [3.05, 3.63) is 107 Å². The number of benzene rings is 3. The highest BCUT2D eigenvalue weighted by molar-refractivity contribution is 6.39. The number of urea groups is 1. The second kappa shape index (κ2) is 8.24. The molecule has 1 aliphatic rings. The first-order valence-electron chi connectivity index (χ1n) is 10.6. The molecule has 1 N–H and O–H groups in total. The van der Waals surface area contributed by atoms with Crippen LogP contribution in [0.25, 0.3) is 17.0 Å². The monoisotopic (exact) mass is 435 g/mol. The van der Waals surface area contributed by atoms with Crippen LogP contribution in [0.15, 0.2) is 90.6 Å². The first kappa shape index (κ1) is 20.5. The summed E-state index contributed by atoms with van der Waals surface area (Å²) in [6.45, 7) is 2.73. The molecule has 0 unspecified atom stereocenters. The van der Waals surface area contributed by atoms with Gasteiger partial charge in [0.25, 0.3) is 11.8 Å². The van der Waals surface area contributed by atoms with Gasteiger partial charge in [-0.05, 0) is 42.3 Å². The first-order valence-corrected chi connectivity index (χ1v) is 10.6. The van der Waals surface area contributed by atoms with Crippen LogP contribution >= 0.6 is 0 Å². The lowest BCUT2D eigenvalue weighted by Gasteiger charge is -2.26. The molecule has 2 heterocycles. The van der Waals surface area contributed by atoms with Crippen molar-refractivity contribution in [3.63, 3.8) is 0 Å². The van der Waals surface area contributed by atoms with Gasteiger partial charge in [-0.25, -0.2) is 9.69 Å². The number of para-hydroxylation sites is 2. The Labute approximate surface area is 190 Å². The Morgan fingerprint density at radius 3 is 2.33 bits per heavy atom. The molecule has 0 atom stereocenters. The molecule has 0 spiro atoms. The molecule has 0 radical (unpaired) electrons. The third kappa shape index (κ3) is 3.72. The molecular weight excluding hydrogens is 414 g/mol. The van der Waals surface area contributed by atoms with E-state index in [1.165, 1.54) is 11.1 Å². The molecule has 4 amide bonds. The summed E-state index contributed by atoms with van der Waals surface area (Å²) < 4.78 is 2.11. The van der Waals surface area contributed by atoms with Gasteiger partial charge in [0.15, 0.2) is 0 Å². The number of imide groups is 2. The normalized spacial score (nSPS) is 15.4. The van der Waals surface area contributed by atoms with E-state index in [1.54, 1.807) is 36.4 Å². The number of fused-ring (bicyclic) bond motifs is 1. The highest BCUT2D eigenvalue weighted by Crippen LogP contribution is 2.27. The van der Waals surface area contributed by atoms with Crippen molar-refractivity contribution in [1.29, 1.82) is 0 Å². The number of hydrogen-bond acceptors (Lipinski definition) is 3. The molecule has 0 saturated carbocycles. The third-order valence-corrected chi connectivity index (χ3v) is 5.84. The Morgan fingerprint density at radius 1 is 0.848 bits per heavy atom. The molecule has 0 bridgehead atoms. The van der Waals surface area contributed by atoms with Gasteiger partial charge >= 0.3 is 6.03 Å². The van der Waals surface area contributed by atoms with E-state index in [9.17, 15) is 14.4 Å². The molecule has 5 rings (SSSR count). The Bertz CT molecular complexity index is 1430. The highest BCUT2D eigenvalue weighted by atomic mass is 16.2. The largest absolute Gasteiger partial charge is 0.342 e. The fraction of sp³-hybridized carbons (Fsp3) is 0.0741.